The largest absolute Gasteiger partial charge is 0.0465 e. The standard InChI is InChI=1S/C11H14/c1-5-2-9-6-3-7(6)10-4-11(9,10)8(1)5/h5-10H,1-4H2/t5-,6?,7?,8?,9?,10?,11?/m1/s1. The minimum absolute atomic E-state index is 1.03. The van der Waals surface area contributed by atoms with Gasteiger partial charge in [-0.25, -0.2) is 0 Å². The Hall–Kier alpha value is 0. The van der Waals surface area contributed by atoms with Crippen molar-refractivity contribution in [2.75, 3.05) is 0 Å². The molecule has 0 amide bonds. The van der Waals surface area contributed by atoms with Crippen LogP contribution in [0.25, 0.3) is 0 Å². The lowest BCUT2D eigenvalue weighted by Crippen LogP contribution is -2.13. The molecular weight excluding hydrogens is 132 g/mol. The number of fused-ring (bicyclic) bond motifs is 4. The molecule has 5 rings (SSSR count). The van der Waals surface area contributed by atoms with Crippen LogP contribution in [0.15, 0.2) is 0 Å². The molecule has 0 N–H and O–H groups in total. The minimum Gasteiger partial charge on any atom is -0.0465 e. The Kier molecular flexibility index (Phi) is 0.459. The van der Waals surface area contributed by atoms with Crippen LogP contribution in [0.5, 0.6) is 0 Å². The highest BCUT2D eigenvalue weighted by atomic mass is 14.9. The predicted molar refractivity (Wildman–Crippen MR) is 41.8 cm³/mol. The maximum Gasteiger partial charge on any atom is -0.0201 e. The summed E-state index contributed by atoms with van der Waals surface area (Å²) < 4.78 is 0. The highest BCUT2D eigenvalue weighted by molar-refractivity contribution is 5.32. The van der Waals surface area contributed by atoms with E-state index in [0.717, 1.165) is 5.41 Å². The molecular formula is C11H14. The second-order valence-electron chi connectivity index (χ2n) is 5.93. The van der Waals surface area contributed by atoms with Crippen molar-refractivity contribution in [2.45, 2.75) is 25.7 Å². The van der Waals surface area contributed by atoms with E-state index in [2.05, 4.69) is 0 Å². The third-order valence-electron chi connectivity index (χ3n) is 5.89. The molecule has 11 heavy (non-hydrogen) atoms. The van der Waals surface area contributed by atoms with E-state index in [-0.39, 0.29) is 0 Å². The summed E-state index contributed by atoms with van der Waals surface area (Å²) in [6.07, 6.45) is 6.64. The van der Waals surface area contributed by atoms with Crippen LogP contribution in [0, 0.1) is 40.9 Å². The molecule has 0 aromatic heterocycles. The van der Waals surface area contributed by atoms with Gasteiger partial charge in [-0.05, 0) is 66.6 Å². The lowest BCUT2D eigenvalue weighted by molar-refractivity contribution is 0.292. The molecule has 5 aliphatic carbocycles. The Balaban J connectivity index is 1.75. The Morgan fingerprint density at radius 3 is 2.55 bits per heavy atom. The fourth-order valence-corrected chi connectivity index (χ4v) is 5.45. The van der Waals surface area contributed by atoms with Gasteiger partial charge in [-0.15, -0.1) is 0 Å². The van der Waals surface area contributed by atoms with Crippen LogP contribution in [0.3, 0.4) is 0 Å². The summed E-state index contributed by atoms with van der Waals surface area (Å²) in [5.41, 5.74) is 1.03. The molecule has 0 heteroatoms. The number of rotatable bonds is 0. The van der Waals surface area contributed by atoms with E-state index in [1.165, 1.54) is 35.5 Å². The van der Waals surface area contributed by atoms with Crippen LogP contribution in [-0.2, 0) is 0 Å². The first-order valence-corrected chi connectivity index (χ1v) is 5.41. The lowest BCUT2D eigenvalue weighted by atomic mass is 9.86. The first-order valence-electron chi connectivity index (χ1n) is 5.41. The lowest BCUT2D eigenvalue weighted by Gasteiger charge is -2.18. The van der Waals surface area contributed by atoms with Gasteiger partial charge in [0.05, 0.1) is 0 Å². The third-order valence-corrected chi connectivity index (χ3v) is 5.89. The second kappa shape index (κ2) is 1.03. The number of hydrogen-bond acceptors (Lipinski definition) is 0. The molecule has 7 atom stereocenters. The van der Waals surface area contributed by atoms with E-state index in [4.69, 9.17) is 0 Å². The molecule has 0 aliphatic heterocycles. The summed E-state index contributed by atoms with van der Waals surface area (Å²) in [4.78, 5) is 0. The van der Waals surface area contributed by atoms with Gasteiger partial charge in [-0.2, -0.15) is 0 Å². The van der Waals surface area contributed by atoms with Crippen LogP contribution in [0.4, 0.5) is 0 Å². The van der Waals surface area contributed by atoms with E-state index in [9.17, 15) is 0 Å². The Bertz CT molecular complexity index is 269. The van der Waals surface area contributed by atoms with Crippen LogP contribution in [-0.4, -0.2) is 0 Å². The van der Waals surface area contributed by atoms with Crippen LogP contribution in [0.2, 0.25) is 0 Å². The van der Waals surface area contributed by atoms with Crippen molar-refractivity contribution >= 4 is 0 Å². The summed E-state index contributed by atoms with van der Waals surface area (Å²) in [5.74, 6) is 7.58. The average molecular weight is 146 g/mol. The monoisotopic (exact) mass is 146 g/mol. The van der Waals surface area contributed by atoms with E-state index >= 15 is 0 Å². The molecule has 0 heterocycles. The smallest absolute Gasteiger partial charge is 0.0201 e. The molecule has 5 aliphatic rings. The van der Waals surface area contributed by atoms with E-state index in [0.29, 0.717) is 0 Å². The molecule has 0 aromatic carbocycles. The topological polar surface area (TPSA) is 0 Å². The van der Waals surface area contributed by atoms with Crippen molar-refractivity contribution in [3.05, 3.63) is 0 Å². The summed E-state index contributed by atoms with van der Waals surface area (Å²) in [7, 11) is 0. The minimum atomic E-state index is 1.03. The Morgan fingerprint density at radius 2 is 1.64 bits per heavy atom. The zero-order valence-corrected chi connectivity index (χ0v) is 6.79. The maximum atomic E-state index is 1.68. The van der Waals surface area contributed by atoms with Crippen molar-refractivity contribution < 1.29 is 0 Å². The van der Waals surface area contributed by atoms with Gasteiger partial charge in [0.15, 0.2) is 0 Å². The van der Waals surface area contributed by atoms with Crippen molar-refractivity contribution in [3.63, 3.8) is 0 Å². The summed E-state index contributed by atoms with van der Waals surface area (Å²) >= 11 is 0. The van der Waals surface area contributed by atoms with Gasteiger partial charge in [-0.3, -0.25) is 0 Å². The van der Waals surface area contributed by atoms with Crippen molar-refractivity contribution in [1.82, 2.24) is 0 Å². The first kappa shape index (κ1) is 4.89. The second-order valence-corrected chi connectivity index (χ2v) is 5.93. The van der Waals surface area contributed by atoms with Gasteiger partial charge in [0, 0.05) is 0 Å². The number of hydrogen-bond donors (Lipinski definition) is 0. The van der Waals surface area contributed by atoms with Crippen molar-refractivity contribution in [2.24, 2.45) is 40.9 Å². The molecule has 0 aromatic rings. The van der Waals surface area contributed by atoms with Crippen molar-refractivity contribution in [1.29, 1.82) is 0 Å². The Morgan fingerprint density at radius 1 is 0.818 bits per heavy atom. The van der Waals surface area contributed by atoms with Gasteiger partial charge in [0.2, 0.25) is 0 Å². The van der Waals surface area contributed by atoms with Gasteiger partial charge in [0.1, 0.15) is 0 Å². The van der Waals surface area contributed by atoms with E-state index in [1.54, 1.807) is 25.7 Å². The third kappa shape index (κ3) is 0.316. The molecule has 5 fully saturated rings. The summed E-state index contributed by atoms with van der Waals surface area (Å²) in [6.45, 7) is 0. The Labute approximate surface area is 67.4 Å². The van der Waals surface area contributed by atoms with Crippen molar-refractivity contribution in [3.8, 4) is 0 Å². The molecule has 0 radical (unpaired) electrons. The summed E-state index contributed by atoms with van der Waals surface area (Å²) in [5, 5.41) is 0. The molecule has 1 spiro atoms. The molecule has 0 saturated heterocycles. The van der Waals surface area contributed by atoms with Gasteiger partial charge in [-0.1, -0.05) is 0 Å². The van der Waals surface area contributed by atoms with Gasteiger partial charge in [0.25, 0.3) is 0 Å². The first-order chi connectivity index (χ1) is 5.41. The van der Waals surface area contributed by atoms with Crippen LogP contribution in [0.1, 0.15) is 25.7 Å². The molecule has 0 nitrogen and oxygen atoms in total. The molecule has 0 bridgehead atoms. The quantitative estimate of drug-likeness (QED) is 0.492. The van der Waals surface area contributed by atoms with E-state index in [1.807, 2.05) is 0 Å². The molecule has 5 saturated carbocycles. The SMILES string of the molecule is C1C2C1C1CC13C2C[C@H]1CC13. The van der Waals surface area contributed by atoms with Gasteiger partial charge < -0.3 is 0 Å². The zero-order chi connectivity index (χ0) is 6.79. The highest BCUT2D eigenvalue weighted by Gasteiger charge is 2.84. The van der Waals surface area contributed by atoms with Crippen LogP contribution >= 0.6 is 0 Å². The molecule has 58 valence electrons. The van der Waals surface area contributed by atoms with Crippen LogP contribution < -0.4 is 0 Å². The predicted octanol–water partition coefficient (Wildman–Crippen LogP) is 2.30. The maximum absolute atomic E-state index is 1.68. The zero-order valence-electron chi connectivity index (χ0n) is 6.79. The molecule has 6 unspecified atom stereocenters. The normalized spacial score (nSPS) is 85.1. The van der Waals surface area contributed by atoms with Gasteiger partial charge >= 0.3 is 0 Å². The average Bonchev–Trinajstić information content (AvgIpc) is 2.81. The van der Waals surface area contributed by atoms with E-state index < -0.39 is 0 Å². The fourth-order valence-electron chi connectivity index (χ4n) is 5.45. The highest BCUT2D eigenvalue weighted by Crippen LogP contribution is 2.90. The fraction of sp³-hybridized carbons (Fsp3) is 1.00. The summed E-state index contributed by atoms with van der Waals surface area (Å²) in [6, 6.07) is 0.